The van der Waals surface area contributed by atoms with E-state index < -0.39 is 17.8 Å². The van der Waals surface area contributed by atoms with Gasteiger partial charge in [0.05, 0.1) is 17.8 Å². The first-order valence-corrected chi connectivity index (χ1v) is 5.22. The number of halogens is 3. The second-order valence-corrected chi connectivity index (χ2v) is 3.69. The van der Waals surface area contributed by atoms with Crippen molar-refractivity contribution in [3.05, 3.63) is 29.8 Å². The number of anilines is 1. The van der Waals surface area contributed by atoms with E-state index in [-0.39, 0.29) is 6.54 Å². The molecule has 0 saturated heterocycles. The van der Waals surface area contributed by atoms with Gasteiger partial charge in [0, 0.05) is 5.69 Å². The van der Waals surface area contributed by atoms with Crippen LogP contribution in [0.1, 0.15) is 12.5 Å². The molecule has 0 aliphatic rings. The zero-order valence-corrected chi connectivity index (χ0v) is 9.95. The monoisotopic (exact) mass is 275 g/mol. The summed E-state index contributed by atoms with van der Waals surface area (Å²) in [5.74, 6) is 0. The molecule has 1 aromatic rings. The van der Waals surface area contributed by atoms with Gasteiger partial charge in [0.1, 0.15) is 0 Å². The highest BCUT2D eigenvalue weighted by Gasteiger charge is 2.29. The van der Waals surface area contributed by atoms with Crippen molar-refractivity contribution in [1.29, 1.82) is 0 Å². The fourth-order valence-electron chi connectivity index (χ4n) is 1.19. The van der Waals surface area contributed by atoms with Gasteiger partial charge in [-0.05, 0) is 31.2 Å². The molecule has 0 heterocycles. The van der Waals surface area contributed by atoms with E-state index in [2.05, 4.69) is 10.4 Å². The predicted molar refractivity (Wildman–Crippen MR) is 64.2 cm³/mol. The Morgan fingerprint density at radius 3 is 2.37 bits per heavy atom. The Bertz CT molecular complexity index is 469. The minimum absolute atomic E-state index is 0.214. The van der Waals surface area contributed by atoms with Gasteiger partial charge in [0.25, 0.3) is 0 Å². The minimum Gasteiger partial charge on any atom is -0.464 e. The fourth-order valence-corrected chi connectivity index (χ4v) is 1.19. The van der Waals surface area contributed by atoms with Gasteiger partial charge in [0.2, 0.25) is 0 Å². The van der Waals surface area contributed by atoms with Crippen molar-refractivity contribution in [3.8, 4) is 0 Å². The van der Waals surface area contributed by atoms with Gasteiger partial charge in [-0.25, -0.2) is 10.2 Å². The number of nitrogens with one attached hydrogen (secondary N) is 2. The van der Waals surface area contributed by atoms with Gasteiger partial charge in [0.15, 0.2) is 0 Å². The van der Waals surface area contributed by atoms with Crippen LogP contribution in [0.15, 0.2) is 29.4 Å². The second kappa shape index (κ2) is 6.07. The second-order valence-electron chi connectivity index (χ2n) is 3.69. The first-order chi connectivity index (χ1) is 8.79. The molecule has 0 atom stereocenters. The zero-order valence-electron chi connectivity index (χ0n) is 9.95. The van der Waals surface area contributed by atoms with Gasteiger partial charge in [-0.2, -0.15) is 18.3 Å². The molecule has 0 unspecified atom stereocenters. The number of hydrogen-bond donors (Lipinski definition) is 3. The number of alkyl halides is 3. The van der Waals surface area contributed by atoms with Crippen molar-refractivity contribution in [2.24, 2.45) is 5.10 Å². The summed E-state index contributed by atoms with van der Waals surface area (Å²) in [7, 11) is 0. The van der Waals surface area contributed by atoms with E-state index in [0.29, 0.717) is 11.4 Å². The number of carboxylic acid groups (broad SMARTS) is 1. The van der Waals surface area contributed by atoms with Crippen LogP contribution < -0.4 is 10.7 Å². The highest BCUT2D eigenvalue weighted by atomic mass is 19.4. The molecule has 104 valence electrons. The number of amides is 1. The van der Waals surface area contributed by atoms with Crippen LogP contribution in [0.2, 0.25) is 0 Å². The van der Waals surface area contributed by atoms with E-state index in [1.165, 1.54) is 12.1 Å². The molecule has 0 aliphatic carbocycles. The average Bonchev–Trinajstić information content (AvgIpc) is 2.33. The number of nitrogens with zero attached hydrogens (tertiary/aromatic N) is 1. The van der Waals surface area contributed by atoms with E-state index in [4.69, 9.17) is 5.11 Å². The Balaban J connectivity index is 2.55. The van der Waals surface area contributed by atoms with Crippen LogP contribution in [-0.2, 0) is 6.18 Å². The Labute approximate surface area is 107 Å². The summed E-state index contributed by atoms with van der Waals surface area (Å²) in [6.07, 6.45) is -5.64. The molecule has 5 nitrogen and oxygen atoms in total. The van der Waals surface area contributed by atoms with Crippen LogP contribution in [0.3, 0.4) is 0 Å². The summed E-state index contributed by atoms with van der Waals surface area (Å²) in [4.78, 5) is 10.2. The maximum absolute atomic E-state index is 12.3. The molecule has 19 heavy (non-hydrogen) atoms. The van der Waals surface area contributed by atoms with Crippen LogP contribution in [0.25, 0.3) is 0 Å². The van der Waals surface area contributed by atoms with E-state index in [9.17, 15) is 18.0 Å². The van der Waals surface area contributed by atoms with E-state index in [1.54, 1.807) is 6.92 Å². The molecule has 0 saturated carbocycles. The number of hydrazone groups is 1. The number of carbonyl (C=O) groups is 1. The lowest BCUT2D eigenvalue weighted by atomic mass is 10.2. The lowest BCUT2D eigenvalue weighted by molar-refractivity contribution is -0.137. The van der Waals surface area contributed by atoms with Crippen molar-refractivity contribution in [2.45, 2.75) is 13.1 Å². The predicted octanol–water partition coefficient (Wildman–Crippen LogP) is 2.76. The maximum atomic E-state index is 12.3. The Morgan fingerprint density at radius 2 is 1.89 bits per heavy atom. The Hall–Kier alpha value is -2.25. The molecule has 1 rings (SSSR count). The third-order valence-electron chi connectivity index (χ3n) is 2.10. The van der Waals surface area contributed by atoms with E-state index >= 15 is 0 Å². The summed E-state index contributed by atoms with van der Waals surface area (Å²) < 4.78 is 36.9. The van der Waals surface area contributed by atoms with Crippen LogP contribution in [0.4, 0.5) is 23.7 Å². The van der Waals surface area contributed by atoms with Gasteiger partial charge in [-0.1, -0.05) is 0 Å². The molecule has 0 aliphatic heterocycles. The normalized spacial score (nSPS) is 12.1. The molecule has 0 radical (unpaired) electrons. The molecule has 1 amide bonds. The maximum Gasteiger partial charge on any atom is 0.425 e. The highest BCUT2D eigenvalue weighted by Crippen LogP contribution is 2.29. The van der Waals surface area contributed by atoms with Gasteiger partial charge < -0.3 is 10.4 Å². The van der Waals surface area contributed by atoms with E-state index in [1.807, 2.05) is 5.43 Å². The molecule has 3 N–H and O–H groups in total. The number of hydrogen-bond acceptors (Lipinski definition) is 3. The molecule has 0 bridgehead atoms. The van der Waals surface area contributed by atoms with Crippen molar-refractivity contribution in [3.63, 3.8) is 0 Å². The van der Waals surface area contributed by atoms with Crippen LogP contribution in [-0.4, -0.2) is 23.5 Å². The largest absolute Gasteiger partial charge is 0.464 e. The molecular weight excluding hydrogens is 263 g/mol. The topological polar surface area (TPSA) is 73.7 Å². The van der Waals surface area contributed by atoms with E-state index in [0.717, 1.165) is 12.1 Å². The SMILES string of the molecule is CC(CNc1ccc(C(F)(F)F)cc1)=NNC(=O)O. The van der Waals surface area contributed by atoms with Gasteiger partial charge in [-0.3, -0.25) is 0 Å². The van der Waals surface area contributed by atoms with Crippen molar-refractivity contribution in [1.82, 2.24) is 5.43 Å². The molecule has 8 heteroatoms. The third kappa shape index (κ3) is 5.28. The summed E-state index contributed by atoms with van der Waals surface area (Å²) in [6, 6.07) is 4.51. The summed E-state index contributed by atoms with van der Waals surface area (Å²) in [5.41, 5.74) is 2.03. The van der Waals surface area contributed by atoms with Crippen molar-refractivity contribution >= 4 is 17.5 Å². The van der Waals surface area contributed by atoms with Crippen LogP contribution >= 0.6 is 0 Å². The summed E-state index contributed by atoms with van der Waals surface area (Å²) in [5, 5.41) is 14.6. The number of rotatable bonds is 4. The summed E-state index contributed by atoms with van der Waals surface area (Å²) >= 11 is 0. The Kier molecular flexibility index (Phi) is 4.74. The average molecular weight is 275 g/mol. The lowest BCUT2D eigenvalue weighted by Crippen LogP contribution is -2.19. The third-order valence-corrected chi connectivity index (χ3v) is 2.10. The zero-order chi connectivity index (χ0) is 14.5. The molecular formula is C11H12F3N3O2. The molecule has 1 aromatic carbocycles. The number of benzene rings is 1. The Morgan fingerprint density at radius 1 is 1.32 bits per heavy atom. The first kappa shape index (κ1) is 14.8. The molecule has 0 spiro atoms. The van der Waals surface area contributed by atoms with Gasteiger partial charge in [-0.15, -0.1) is 0 Å². The van der Waals surface area contributed by atoms with Crippen molar-refractivity contribution in [2.75, 3.05) is 11.9 Å². The van der Waals surface area contributed by atoms with Crippen LogP contribution in [0.5, 0.6) is 0 Å². The molecule has 0 aromatic heterocycles. The van der Waals surface area contributed by atoms with Gasteiger partial charge >= 0.3 is 12.3 Å². The standard InChI is InChI=1S/C11H12F3N3O2/c1-7(16-17-10(18)19)6-15-9-4-2-8(3-5-9)11(12,13)14/h2-5,15,17H,6H2,1H3,(H,18,19). The first-order valence-electron chi connectivity index (χ1n) is 5.22. The lowest BCUT2D eigenvalue weighted by Gasteiger charge is -2.09. The fraction of sp³-hybridized carbons (Fsp3) is 0.273. The summed E-state index contributed by atoms with van der Waals surface area (Å²) in [6.45, 7) is 1.79. The quantitative estimate of drug-likeness (QED) is 0.584. The van der Waals surface area contributed by atoms with Crippen LogP contribution in [0, 0.1) is 0 Å². The van der Waals surface area contributed by atoms with Crippen molar-refractivity contribution < 1.29 is 23.1 Å². The highest BCUT2D eigenvalue weighted by molar-refractivity contribution is 5.86. The minimum atomic E-state index is -4.36. The molecule has 0 fully saturated rings. The smallest absolute Gasteiger partial charge is 0.425 e.